The van der Waals surface area contributed by atoms with Crippen molar-refractivity contribution >= 4 is 5.91 Å². The van der Waals surface area contributed by atoms with Crippen LogP contribution < -0.4 is 5.32 Å². The second kappa shape index (κ2) is 7.34. The van der Waals surface area contributed by atoms with Crippen molar-refractivity contribution in [1.29, 1.82) is 0 Å². The van der Waals surface area contributed by atoms with E-state index in [0.29, 0.717) is 12.1 Å². The van der Waals surface area contributed by atoms with Crippen LogP contribution in [-0.4, -0.2) is 32.0 Å². The highest BCUT2D eigenvalue weighted by atomic mass is 16.1. The molecule has 0 aliphatic heterocycles. The molecule has 2 aromatic heterocycles. The summed E-state index contributed by atoms with van der Waals surface area (Å²) < 4.78 is 3.71. The maximum absolute atomic E-state index is 12.6. The number of nitrogens with zero attached hydrogens (tertiary/aromatic N) is 4. The lowest BCUT2D eigenvalue weighted by atomic mass is 10.2. The van der Waals surface area contributed by atoms with Crippen molar-refractivity contribution in [3.05, 3.63) is 65.2 Å². The zero-order chi connectivity index (χ0) is 17.8. The predicted octanol–water partition coefficient (Wildman–Crippen LogP) is 2.81. The minimum absolute atomic E-state index is 0.0752. The lowest BCUT2D eigenvalue weighted by Gasteiger charge is -2.07. The number of carbonyl (C=O) groups excluding carboxylic acids is 1. The van der Waals surface area contributed by atoms with Crippen LogP contribution in [0.15, 0.2) is 42.6 Å². The molecule has 0 saturated heterocycles. The van der Waals surface area contributed by atoms with Gasteiger partial charge < -0.3 is 5.32 Å². The molecule has 1 N–H and O–H groups in total. The summed E-state index contributed by atoms with van der Waals surface area (Å²) in [5.41, 5.74) is 4.20. The first-order chi connectivity index (χ1) is 12.1. The van der Waals surface area contributed by atoms with Gasteiger partial charge in [0.15, 0.2) is 0 Å². The largest absolute Gasteiger partial charge is 0.352 e. The van der Waals surface area contributed by atoms with E-state index in [1.54, 1.807) is 0 Å². The molecule has 0 spiro atoms. The van der Waals surface area contributed by atoms with E-state index in [4.69, 9.17) is 0 Å². The molecule has 1 aromatic carbocycles. The molecule has 0 saturated carbocycles. The van der Waals surface area contributed by atoms with Gasteiger partial charge in [0.05, 0.1) is 28.3 Å². The number of benzene rings is 1. The van der Waals surface area contributed by atoms with Gasteiger partial charge in [-0.25, -0.2) is 4.68 Å². The Bertz CT molecular complexity index is 863. The fourth-order valence-electron chi connectivity index (χ4n) is 2.91. The zero-order valence-electron chi connectivity index (χ0n) is 14.9. The fraction of sp³-hybridized carbons (Fsp3) is 0.316. The molecule has 0 aliphatic rings. The summed E-state index contributed by atoms with van der Waals surface area (Å²) >= 11 is 0. The molecule has 3 aromatic rings. The molecule has 25 heavy (non-hydrogen) atoms. The van der Waals surface area contributed by atoms with Crippen molar-refractivity contribution in [2.45, 2.75) is 33.7 Å². The summed E-state index contributed by atoms with van der Waals surface area (Å²) in [6.07, 6.45) is 2.78. The fourth-order valence-corrected chi connectivity index (χ4v) is 2.91. The molecule has 0 bridgehead atoms. The van der Waals surface area contributed by atoms with Gasteiger partial charge in [-0.1, -0.05) is 18.2 Å². The molecule has 0 radical (unpaired) electrons. The lowest BCUT2D eigenvalue weighted by molar-refractivity contribution is 0.0951. The van der Waals surface area contributed by atoms with Crippen LogP contribution in [0.3, 0.4) is 0 Å². The minimum Gasteiger partial charge on any atom is -0.352 e. The predicted molar refractivity (Wildman–Crippen MR) is 97.0 cm³/mol. The number of nitrogens with one attached hydrogen (secondary N) is 1. The monoisotopic (exact) mass is 337 g/mol. The number of para-hydroxylation sites is 1. The second-order valence-electron chi connectivity index (χ2n) is 6.12. The Morgan fingerprint density at radius 2 is 1.84 bits per heavy atom. The summed E-state index contributed by atoms with van der Waals surface area (Å²) in [6, 6.07) is 11.8. The van der Waals surface area contributed by atoms with Crippen molar-refractivity contribution < 1.29 is 4.79 Å². The van der Waals surface area contributed by atoms with Gasteiger partial charge in [-0.3, -0.25) is 9.48 Å². The van der Waals surface area contributed by atoms with Crippen molar-refractivity contribution in [3.63, 3.8) is 0 Å². The van der Waals surface area contributed by atoms with Crippen molar-refractivity contribution in [2.24, 2.45) is 0 Å². The van der Waals surface area contributed by atoms with E-state index in [9.17, 15) is 4.79 Å². The maximum Gasteiger partial charge on any atom is 0.255 e. The third-order valence-corrected chi connectivity index (χ3v) is 4.14. The second-order valence-corrected chi connectivity index (χ2v) is 6.12. The smallest absolute Gasteiger partial charge is 0.255 e. The number of hydrogen-bond donors (Lipinski definition) is 1. The average Bonchev–Trinajstić information content (AvgIpc) is 3.15. The topological polar surface area (TPSA) is 64.7 Å². The Labute approximate surface area is 147 Å². The standard InChI is InChI=1S/C19H23N5O/c1-14-10-13-23(21-14)12-7-11-20-19(25)18-15(2)22-24(16(18)3)17-8-5-4-6-9-17/h4-6,8-10,13H,7,11-12H2,1-3H3,(H,20,25). The Kier molecular flexibility index (Phi) is 4.97. The van der Waals surface area contributed by atoms with Crippen LogP contribution >= 0.6 is 0 Å². The van der Waals surface area contributed by atoms with E-state index in [1.807, 2.05) is 72.7 Å². The summed E-state index contributed by atoms with van der Waals surface area (Å²) in [7, 11) is 0. The van der Waals surface area contributed by atoms with Gasteiger partial charge in [-0.15, -0.1) is 0 Å². The SMILES string of the molecule is Cc1ccn(CCCNC(=O)c2c(C)nn(-c3ccccc3)c2C)n1. The Balaban J connectivity index is 1.63. The van der Waals surface area contributed by atoms with Crippen LogP contribution in [-0.2, 0) is 6.54 Å². The third kappa shape index (κ3) is 3.79. The summed E-state index contributed by atoms with van der Waals surface area (Å²) in [4.78, 5) is 12.6. The molecule has 0 fully saturated rings. The number of hydrogen-bond acceptors (Lipinski definition) is 3. The van der Waals surface area contributed by atoms with Crippen LogP contribution in [0.2, 0.25) is 0 Å². The molecule has 2 heterocycles. The quantitative estimate of drug-likeness (QED) is 0.704. The molecular weight excluding hydrogens is 314 g/mol. The highest BCUT2D eigenvalue weighted by molar-refractivity contribution is 5.96. The Hall–Kier alpha value is -2.89. The van der Waals surface area contributed by atoms with Crippen molar-refractivity contribution in [2.75, 3.05) is 6.54 Å². The van der Waals surface area contributed by atoms with Gasteiger partial charge >= 0.3 is 0 Å². The molecular formula is C19H23N5O. The van der Waals surface area contributed by atoms with Gasteiger partial charge in [0.2, 0.25) is 0 Å². The molecule has 1 amide bonds. The van der Waals surface area contributed by atoms with Crippen LogP contribution in [0.1, 0.15) is 33.9 Å². The van der Waals surface area contributed by atoms with E-state index in [1.165, 1.54) is 0 Å². The van der Waals surface area contributed by atoms with Crippen LogP contribution in [0.4, 0.5) is 0 Å². The summed E-state index contributed by atoms with van der Waals surface area (Å²) in [5, 5.41) is 11.9. The van der Waals surface area contributed by atoms with Gasteiger partial charge in [-0.2, -0.15) is 10.2 Å². The first-order valence-corrected chi connectivity index (χ1v) is 8.46. The zero-order valence-corrected chi connectivity index (χ0v) is 14.9. The maximum atomic E-state index is 12.6. The Morgan fingerprint density at radius 3 is 2.52 bits per heavy atom. The highest BCUT2D eigenvalue weighted by Crippen LogP contribution is 2.17. The number of rotatable bonds is 6. The van der Waals surface area contributed by atoms with E-state index < -0.39 is 0 Å². The van der Waals surface area contributed by atoms with Crippen LogP contribution in [0.25, 0.3) is 5.69 Å². The average molecular weight is 337 g/mol. The van der Waals surface area contributed by atoms with E-state index >= 15 is 0 Å². The summed E-state index contributed by atoms with van der Waals surface area (Å²) in [6.45, 7) is 7.15. The van der Waals surface area contributed by atoms with Gasteiger partial charge in [-0.05, 0) is 45.4 Å². The number of aryl methyl sites for hydroxylation is 3. The number of aromatic nitrogens is 4. The van der Waals surface area contributed by atoms with Crippen LogP contribution in [0.5, 0.6) is 0 Å². The lowest BCUT2D eigenvalue weighted by Crippen LogP contribution is -2.26. The molecule has 130 valence electrons. The molecule has 0 atom stereocenters. The molecule has 0 unspecified atom stereocenters. The Morgan fingerprint density at radius 1 is 1.08 bits per heavy atom. The van der Waals surface area contributed by atoms with E-state index in [-0.39, 0.29) is 5.91 Å². The molecule has 3 rings (SSSR count). The summed E-state index contributed by atoms with van der Waals surface area (Å²) in [5.74, 6) is -0.0752. The molecule has 6 nitrogen and oxygen atoms in total. The normalized spacial score (nSPS) is 10.8. The van der Waals surface area contributed by atoms with Gasteiger partial charge in [0.25, 0.3) is 5.91 Å². The third-order valence-electron chi connectivity index (χ3n) is 4.14. The first kappa shape index (κ1) is 17.0. The van der Waals surface area contributed by atoms with E-state index in [0.717, 1.165) is 35.7 Å². The van der Waals surface area contributed by atoms with Crippen LogP contribution in [0, 0.1) is 20.8 Å². The minimum atomic E-state index is -0.0752. The van der Waals surface area contributed by atoms with Gasteiger partial charge in [0, 0.05) is 19.3 Å². The first-order valence-electron chi connectivity index (χ1n) is 8.46. The van der Waals surface area contributed by atoms with Crippen molar-refractivity contribution in [1.82, 2.24) is 24.9 Å². The van der Waals surface area contributed by atoms with Crippen molar-refractivity contribution in [3.8, 4) is 5.69 Å². The molecule has 0 aliphatic carbocycles. The van der Waals surface area contributed by atoms with E-state index in [2.05, 4.69) is 15.5 Å². The highest BCUT2D eigenvalue weighted by Gasteiger charge is 2.18. The molecule has 6 heteroatoms. The number of amides is 1. The van der Waals surface area contributed by atoms with Gasteiger partial charge in [0.1, 0.15) is 0 Å². The number of carbonyl (C=O) groups is 1.